The molecule has 0 saturated carbocycles. The summed E-state index contributed by atoms with van der Waals surface area (Å²) >= 11 is 0. The Hall–Kier alpha value is -1.72. The molecule has 4 atom stereocenters. The highest BCUT2D eigenvalue weighted by molar-refractivity contribution is 7.89. The number of β-amino-alcohol motifs (C(OH)–C–C–N with tert-alkyl or cyclic N) is 1. The Bertz CT molecular complexity index is 919. The lowest BCUT2D eigenvalue weighted by Gasteiger charge is -2.43. The van der Waals surface area contributed by atoms with E-state index in [1.165, 1.54) is 23.5 Å². The van der Waals surface area contributed by atoms with Crippen molar-refractivity contribution in [2.75, 3.05) is 40.0 Å². The molecule has 0 aliphatic carbocycles. The molecule has 4 rings (SSSR count). The molecular weight excluding hydrogens is 448 g/mol. The van der Waals surface area contributed by atoms with Crippen molar-refractivity contribution in [3.8, 4) is 5.75 Å². The Labute approximate surface area is 195 Å². The van der Waals surface area contributed by atoms with Crippen LogP contribution in [0.3, 0.4) is 0 Å². The van der Waals surface area contributed by atoms with E-state index in [0.29, 0.717) is 25.0 Å². The van der Waals surface area contributed by atoms with Crippen LogP contribution in [0.2, 0.25) is 0 Å². The van der Waals surface area contributed by atoms with Crippen LogP contribution in [0, 0.1) is 0 Å². The Morgan fingerprint density at radius 1 is 1.18 bits per heavy atom. The average Bonchev–Trinajstić information content (AvgIpc) is 2.82. The number of carbonyl (C=O) groups excluding carboxylic acids is 1. The molecule has 9 nitrogen and oxygen atoms in total. The molecule has 3 aliphatic heterocycles. The van der Waals surface area contributed by atoms with E-state index in [2.05, 4.69) is 0 Å². The first-order valence-electron chi connectivity index (χ1n) is 11.7. The van der Waals surface area contributed by atoms with Gasteiger partial charge in [-0.05, 0) is 44.2 Å². The minimum atomic E-state index is -3.91. The van der Waals surface area contributed by atoms with Crippen molar-refractivity contribution >= 4 is 15.9 Å². The Morgan fingerprint density at radius 3 is 2.73 bits per heavy atom. The second kappa shape index (κ2) is 10.7. The number of piperidine rings is 1. The topological polar surface area (TPSA) is 106 Å². The van der Waals surface area contributed by atoms with E-state index in [1.807, 2.05) is 4.90 Å². The fraction of sp³-hybridized carbons (Fsp3) is 0.696. The summed E-state index contributed by atoms with van der Waals surface area (Å²) in [5.41, 5.74) is 0. The normalized spacial score (nSPS) is 29.6. The monoisotopic (exact) mass is 482 g/mol. The molecule has 1 aromatic rings. The van der Waals surface area contributed by atoms with Gasteiger partial charge in [0.1, 0.15) is 5.75 Å². The molecule has 1 aromatic carbocycles. The van der Waals surface area contributed by atoms with Crippen LogP contribution >= 0.6 is 0 Å². The van der Waals surface area contributed by atoms with E-state index in [1.54, 1.807) is 12.1 Å². The van der Waals surface area contributed by atoms with Crippen LogP contribution < -0.4 is 4.74 Å². The van der Waals surface area contributed by atoms with Gasteiger partial charge in [0.2, 0.25) is 15.9 Å². The zero-order valence-corrected chi connectivity index (χ0v) is 19.9. The first-order chi connectivity index (χ1) is 15.9. The summed E-state index contributed by atoms with van der Waals surface area (Å²) in [6.45, 7) is 1.70. The van der Waals surface area contributed by atoms with Crippen LogP contribution in [0.15, 0.2) is 29.2 Å². The van der Waals surface area contributed by atoms with Gasteiger partial charge < -0.3 is 24.2 Å². The van der Waals surface area contributed by atoms with Crippen molar-refractivity contribution in [2.45, 2.75) is 67.8 Å². The van der Waals surface area contributed by atoms with Gasteiger partial charge in [-0.2, -0.15) is 4.31 Å². The van der Waals surface area contributed by atoms with Crippen LogP contribution in [-0.4, -0.2) is 92.9 Å². The maximum Gasteiger partial charge on any atom is 0.243 e. The van der Waals surface area contributed by atoms with Crippen LogP contribution in [0.5, 0.6) is 5.75 Å². The van der Waals surface area contributed by atoms with Crippen molar-refractivity contribution < 1.29 is 32.5 Å². The SMILES string of the molecule is COc1cccc(S(=O)(=O)N2C[C@H](O)COC[C@H]3O[C@H](CC(=O)N4CCCCC4)CC[C@@H]32)c1. The Morgan fingerprint density at radius 2 is 1.97 bits per heavy atom. The van der Waals surface area contributed by atoms with E-state index in [-0.39, 0.29) is 36.7 Å². The molecule has 0 spiro atoms. The molecule has 1 N–H and O–H groups in total. The highest BCUT2D eigenvalue weighted by atomic mass is 32.2. The van der Waals surface area contributed by atoms with Crippen molar-refractivity contribution in [2.24, 2.45) is 0 Å². The average molecular weight is 483 g/mol. The highest BCUT2D eigenvalue weighted by Crippen LogP contribution is 2.32. The predicted molar refractivity (Wildman–Crippen MR) is 120 cm³/mol. The molecule has 0 radical (unpaired) electrons. The highest BCUT2D eigenvalue weighted by Gasteiger charge is 2.43. The third-order valence-electron chi connectivity index (χ3n) is 6.69. The van der Waals surface area contributed by atoms with Crippen molar-refractivity contribution in [1.82, 2.24) is 9.21 Å². The number of rotatable bonds is 5. The predicted octanol–water partition coefficient (Wildman–Crippen LogP) is 1.40. The summed E-state index contributed by atoms with van der Waals surface area (Å²) in [7, 11) is -2.43. The summed E-state index contributed by atoms with van der Waals surface area (Å²) in [5.74, 6) is 0.543. The minimum absolute atomic E-state index is 0.0219. The lowest BCUT2D eigenvalue weighted by atomic mass is 9.96. The Balaban J connectivity index is 1.51. The van der Waals surface area contributed by atoms with Gasteiger partial charge in [-0.25, -0.2) is 8.42 Å². The number of amides is 1. The molecular formula is C23H34N2O7S. The molecule has 184 valence electrons. The first kappa shape index (κ1) is 24.4. The smallest absolute Gasteiger partial charge is 0.243 e. The molecule has 33 heavy (non-hydrogen) atoms. The number of hydrogen-bond acceptors (Lipinski definition) is 7. The van der Waals surface area contributed by atoms with Gasteiger partial charge in [-0.1, -0.05) is 6.07 Å². The molecule has 0 unspecified atom stereocenters. The van der Waals surface area contributed by atoms with Crippen LogP contribution in [0.1, 0.15) is 38.5 Å². The lowest BCUT2D eigenvalue weighted by Crippen LogP contribution is -2.57. The van der Waals surface area contributed by atoms with Gasteiger partial charge in [-0.3, -0.25) is 4.79 Å². The third kappa shape index (κ3) is 5.68. The number of hydrogen-bond donors (Lipinski definition) is 1. The first-order valence-corrected chi connectivity index (χ1v) is 13.2. The number of aliphatic hydroxyl groups excluding tert-OH is 1. The van der Waals surface area contributed by atoms with Crippen LogP contribution in [0.4, 0.5) is 0 Å². The largest absolute Gasteiger partial charge is 0.497 e. The van der Waals surface area contributed by atoms with Crippen LogP contribution in [0.25, 0.3) is 0 Å². The fourth-order valence-electron chi connectivity index (χ4n) is 4.94. The molecule has 3 fully saturated rings. The standard InChI is InChI=1S/C23H34N2O7S/c1-30-18-6-5-7-20(12-18)33(28,29)25-14-17(26)15-31-16-22-21(25)9-8-19(32-22)13-23(27)24-10-3-2-4-11-24/h5-7,12,17,19,21-22,26H,2-4,8-11,13-16H2,1H3/t17-,19-,21-,22+/m0/s1. The van der Waals surface area contributed by atoms with E-state index < -0.39 is 28.3 Å². The molecule has 3 heterocycles. The molecule has 3 saturated heterocycles. The molecule has 0 bridgehead atoms. The number of benzene rings is 1. The quantitative estimate of drug-likeness (QED) is 0.676. The second-order valence-corrected chi connectivity index (χ2v) is 10.9. The number of methoxy groups -OCH3 is 1. The maximum absolute atomic E-state index is 13.6. The fourth-order valence-corrected chi connectivity index (χ4v) is 6.69. The number of carbonyl (C=O) groups is 1. The minimum Gasteiger partial charge on any atom is -0.497 e. The van der Waals surface area contributed by atoms with Gasteiger partial charge in [0.05, 0.1) is 56.0 Å². The van der Waals surface area contributed by atoms with Gasteiger partial charge in [0, 0.05) is 25.7 Å². The zero-order valence-electron chi connectivity index (χ0n) is 19.1. The zero-order chi connectivity index (χ0) is 23.4. The van der Waals surface area contributed by atoms with E-state index in [9.17, 15) is 18.3 Å². The number of fused-ring (bicyclic) bond motifs is 1. The van der Waals surface area contributed by atoms with Gasteiger partial charge in [0.15, 0.2) is 0 Å². The van der Waals surface area contributed by atoms with Crippen molar-refractivity contribution in [3.05, 3.63) is 24.3 Å². The lowest BCUT2D eigenvalue weighted by molar-refractivity contribution is -0.152. The summed E-state index contributed by atoms with van der Waals surface area (Å²) in [6.07, 6.45) is 2.92. The van der Waals surface area contributed by atoms with Gasteiger partial charge in [-0.15, -0.1) is 0 Å². The second-order valence-electron chi connectivity index (χ2n) is 9.03. The molecule has 3 aliphatic rings. The molecule has 0 aromatic heterocycles. The maximum atomic E-state index is 13.6. The van der Waals surface area contributed by atoms with Gasteiger partial charge >= 0.3 is 0 Å². The van der Waals surface area contributed by atoms with Crippen molar-refractivity contribution in [3.63, 3.8) is 0 Å². The summed E-state index contributed by atoms with van der Waals surface area (Å²) < 4.78 is 45.6. The molecule has 10 heteroatoms. The number of aliphatic hydroxyl groups is 1. The summed E-state index contributed by atoms with van der Waals surface area (Å²) in [4.78, 5) is 14.7. The summed E-state index contributed by atoms with van der Waals surface area (Å²) in [6, 6.07) is 5.84. The molecule has 1 amide bonds. The third-order valence-corrected chi connectivity index (χ3v) is 8.58. The summed E-state index contributed by atoms with van der Waals surface area (Å²) in [5, 5.41) is 10.4. The number of likely N-dealkylation sites (tertiary alicyclic amines) is 1. The number of sulfonamides is 1. The van der Waals surface area contributed by atoms with E-state index in [4.69, 9.17) is 14.2 Å². The Kier molecular flexibility index (Phi) is 7.91. The number of nitrogens with zero attached hydrogens (tertiary/aromatic N) is 2. The van der Waals surface area contributed by atoms with E-state index in [0.717, 1.165) is 32.4 Å². The van der Waals surface area contributed by atoms with Crippen LogP contribution in [-0.2, 0) is 24.3 Å². The van der Waals surface area contributed by atoms with Gasteiger partial charge in [0.25, 0.3) is 0 Å². The van der Waals surface area contributed by atoms with Crippen molar-refractivity contribution in [1.29, 1.82) is 0 Å². The number of ether oxygens (including phenoxy) is 3. The van der Waals surface area contributed by atoms with E-state index >= 15 is 0 Å².